The molecule has 2 heterocycles. The molecule has 1 fully saturated rings. The maximum Gasteiger partial charge on any atom is 0.303 e. The summed E-state index contributed by atoms with van der Waals surface area (Å²) in [6.07, 6.45) is 3.39. The maximum atomic E-state index is 13.1. The first-order chi connectivity index (χ1) is 13.9. The van der Waals surface area contributed by atoms with Gasteiger partial charge in [-0.05, 0) is 37.8 Å². The van der Waals surface area contributed by atoms with Crippen molar-refractivity contribution in [1.82, 2.24) is 18.4 Å². The number of hydrogen-bond donors (Lipinski definition) is 2. The molecule has 1 aliphatic rings. The number of amides is 1. The fraction of sp³-hybridized carbons (Fsp3) is 0.556. The summed E-state index contributed by atoms with van der Waals surface area (Å²) < 4.78 is 35.9. The van der Waals surface area contributed by atoms with Crippen molar-refractivity contribution in [3.05, 3.63) is 18.2 Å². The number of nitrogens with one attached hydrogen (secondary N) is 1. The Morgan fingerprint density at radius 2 is 2.07 bits per heavy atom. The van der Waals surface area contributed by atoms with Crippen LogP contribution in [0.3, 0.4) is 0 Å². The fourth-order valence-corrected chi connectivity index (χ4v) is 5.71. The minimum atomic E-state index is -3.76. The second-order valence-corrected chi connectivity index (χ2v) is 9.52. The number of carbonyl (C=O) groups is 2. The minimum absolute atomic E-state index is 0.128. The third kappa shape index (κ3) is 5.28. The molecule has 29 heavy (non-hydrogen) atoms. The van der Waals surface area contributed by atoms with E-state index >= 15 is 0 Å². The number of hydrogen-bond acceptors (Lipinski definition) is 7. The summed E-state index contributed by atoms with van der Waals surface area (Å²) in [4.78, 5) is 23.1. The van der Waals surface area contributed by atoms with Gasteiger partial charge < -0.3 is 10.4 Å². The first-order valence-electron chi connectivity index (χ1n) is 9.60. The molecule has 1 aliphatic heterocycles. The van der Waals surface area contributed by atoms with E-state index in [0.29, 0.717) is 49.8 Å². The van der Waals surface area contributed by atoms with Gasteiger partial charge in [-0.25, -0.2) is 8.42 Å². The number of benzene rings is 1. The van der Waals surface area contributed by atoms with E-state index in [-0.39, 0.29) is 23.8 Å². The highest BCUT2D eigenvalue weighted by molar-refractivity contribution is 7.89. The molecule has 0 bridgehead atoms. The maximum absolute atomic E-state index is 13.1. The van der Waals surface area contributed by atoms with Gasteiger partial charge in [-0.15, -0.1) is 0 Å². The van der Waals surface area contributed by atoms with E-state index in [2.05, 4.69) is 14.1 Å². The van der Waals surface area contributed by atoms with E-state index in [1.807, 2.05) is 0 Å². The number of carboxylic acid groups (broad SMARTS) is 1. The highest BCUT2D eigenvalue weighted by Crippen LogP contribution is 2.28. The molecule has 2 aromatic rings. The predicted molar refractivity (Wildman–Crippen MR) is 108 cm³/mol. The Morgan fingerprint density at radius 1 is 1.24 bits per heavy atom. The van der Waals surface area contributed by atoms with Crippen molar-refractivity contribution in [2.45, 2.75) is 43.4 Å². The second kappa shape index (κ2) is 9.59. The highest BCUT2D eigenvalue weighted by atomic mass is 32.2. The van der Waals surface area contributed by atoms with E-state index < -0.39 is 21.9 Å². The summed E-state index contributed by atoms with van der Waals surface area (Å²) in [6.45, 7) is 0.974. The molecule has 0 saturated carbocycles. The number of aromatic nitrogens is 2. The van der Waals surface area contributed by atoms with Gasteiger partial charge in [0.15, 0.2) is 0 Å². The molecule has 1 aromatic carbocycles. The van der Waals surface area contributed by atoms with Gasteiger partial charge in [-0.2, -0.15) is 13.1 Å². The molecule has 3 rings (SSSR count). The average Bonchev–Trinajstić information content (AvgIpc) is 3.19. The molecule has 0 aliphatic carbocycles. The number of nitrogens with zero attached hydrogens (tertiary/aromatic N) is 3. The van der Waals surface area contributed by atoms with Crippen molar-refractivity contribution in [3.63, 3.8) is 0 Å². The summed E-state index contributed by atoms with van der Waals surface area (Å²) in [5.74, 6) is -1.37. The Morgan fingerprint density at radius 3 is 2.86 bits per heavy atom. The van der Waals surface area contributed by atoms with Crippen molar-refractivity contribution >= 4 is 44.7 Å². The van der Waals surface area contributed by atoms with E-state index in [9.17, 15) is 18.0 Å². The number of carbonyl (C=O) groups excluding carboxylic acids is 1. The summed E-state index contributed by atoms with van der Waals surface area (Å²) in [5, 5.41) is 11.5. The predicted octanol–water partition coefficient (Wildman–Crippen LogP) is 1.85. The molecular weight excluding hydrogens is 416 g/mol. The first kappa shape index (κ1) is 21.6. The smallest absolute Gasteiger partial charge is 0.303 e. The molecule has 1 amide bonds. The van der Waals surface area contributed by atoms with Crippen LogP contribution in [-0.2, 0) is 19.6 Å². The molecule has 1 atom stereocenters. The van der Waals surface area contributed by atoms with Gasteiger partial charge in [0, 0.05) is 26.1 Å². The van der Waals surface area contributed by atoms with Crippen molar-refractivity contribution in [1.29, 1.82) is 0 Å². The lowest BCUT2D eigenvalue weighted by Gasteiger charge is -2.31. The Labute approximate surface area is 173 Å². The average molecular weight is 441 g/mol. The largest absolute Gasteiger partial charge is 0.481 e. The molecule has 0 spiro atoms. The summed E-state index contributed by atoms with van der Waals surface area (Å²) in [6, 6.07) is 4.90. The molecule has 1 aromatic heterocycles. The standard InChI is InChI=1S/C18H24N4O5S2/c23-16(24)9-2-1-3-10-19-18(25)13-6-5-11-22(12-13)29(26,27)15-8-4-7-14-17(15)21-28-20-14/h4,7-8,13H,1-3,5-6,9-12H2,(H,19,25)(H,23,24)/t13-/m1/s1. The topological polar surface area (TPSA) is 130 Å². The van der Waals surface area contributed by atoms with Gasteiger partial charge in [-0.1, -0.05) is 12.5 Å². The molecule has 1 saturated heterocycles. The molecular formula is C18H24N4O5S2. The van der Waals surface area contributed by atoms with E-state index in [1.165, 1.54) is 10.4 Å². The van der Waals surface area contributed by atoms with E-state index in [0.717, 1.165) is 18.1 Å². The van der Waals surface area contributed by atoms with Gasteiger partial charge >= 0.3 is 5.97 Å². The Bertz CT molecular complexity index is 976. The zero-order chi connectivity index (χ0) is 20.9. The fourth-order valence-electron chi connectivity index (χ4n) is 3.44. The Balaban J connectivity index is 1.58. The second-order valence-electron chi connectivity index (χ2n) is 7.09. The van der Waals surface area contributed by atoms with Crippen LogP contribution in [0, 0.1) is 5.92 Å². The third-order valence-electron chi connectivity index (χ3n) is 4.99. The monoisotopic (exact) mass is 440 g/mol. The number of unbranched alkanes of at least 4 members (excludes halogenated alkanes) is 2. The Kier molecular flexibility index (Phi) is 7.14. The molecule has 11 heteroatoms. The van der Waals surface area contributed by atoms with Crippen LogP contribution in [0.2, 0.25) is 0 Å². The van der Waals surface area contributed by atoms with Crippen LogP contribution < -0.4 is 5.32 Å². The van der Waals surface area contributed by atoms with Crippen molar-refractivity contribution < 1.29 is 23.1 Å². The van der Waals surface area contributed by atoms with Crippen LogP contribution in [-0.4, -0.2) is 58.1 Å². The summed E-state index contributed by atoms with van der Waals surface area (Å²) in [5.41, 5.74) is 0.913. The zero-order valence-electron chi connectivity index (χ0n) is 15.9. The van der Waals surface area contributed by atoms with Crippen LogP contribution in [0.25, 0.3) is 11.0 Å². The lowest BCUT2D eigenvalue weighted by atomic mass is 9.99. The quantitative estimate of drug-likeness (QED) is 0.569. The third-order valence-corrected chi connectivity index (χ3v) is 7.43. The Hall–Kier alpha value is -2.11. The number of sulfonamides is 1. The van der Waals surface area contributed by atoms with E-state index in [1.54, 1.807) is 12.1 Å². The van der Waals surface area contributed by atoms with Crippen LogP contribution in [0.15, 0.2) is 23.1 Å². The number of rotatable bonds is 9. The van der Waals surface area contributed by atoms with Gasteiger partial charge in [0.05, 0.1) is 17.6 Å². The molecule has 2 N–H and O–H groups in total. The van der Waals surface area contributed by atoms with Gasteiger partial charge in [0.2, 0.25) is 15.9 Å². The van der Waals surface area contributed by atoms with Crippen LogP contribution >= 0.6 is 11.7 Å². The molecule has 158 valence electrons. The molecule has 0 unspecified atom stereocenters. The molecule has 0 radical (unpaired) electrons. The van der Waals surface area contributed by atoms with Crippen molar-refractivity contribution in [3.8, 4) is 0 Å². The van der Waals surface area contributed by atoms with Crippen molar-refractivity contribution in [2.75, 3.05) is 19.6 Å². The summed E-state index contributed by atoms with van der Waals surface area (Å²) >= 11 is 0.972. The number of fused-ring (bicyclic) bond motifs is 1. The van der Waals surface area contributed by atoms with Crippen molar-refractivity contribution in [2.24, 2.45) is 5.92 Å². The lowest BCUT2D eigenvalue weighted by molar-refractivity contribution is -0.137. The highest BCUT2D eigenvalue weighted by Gasteiger charge is 2.34. The van der Waals surface area contributed by atoms with Gasteiger partial charge in [0.1, 0.15) is 15.9 Å². The van der Waals surface area contributed by atoms with Gasteiger partial charge in [-0.3, -0.25) is 9.59 Å². The van der Waals surface area contributed by atoms with Crippen LogP contribution in [0.1, 0.15) is 38.5 Å². The SMILES string of the molecule is O=C(O)CCCCCNC(=O)[C@@H]1CCCN(S(=O)(=O)c2cccc3nsnc23)C1. The summed E-state index contributed by atoms with van der Waals surface area (Å²) in [7, 11) is -3.76. The van der Waals surface area contributed by atoms with Gasteiger partial charge in [0.25, 0.3) is 0 Å². The number of aliphatic carboxylic acids is 1. The minimum Gasteiger partial charge on any atom is -0.481 e. The first-order valence-corrected chi connectivity index (χ1v) is 11.8. The number of carboxylic acids is 1. The normalized spacial score (nSPS) is 18.0. The number of piperidine rings is 1. The van der Waals surface area contributed by atoms with E-state index in [4.69, 9.17) is 5.11 Å². The van der Waals surface area contributed by atoms with Crippen LogP contribution in [0.5, 0.6) is 0 Å². The van der Waals surface area contributed by atoms with Crippen LogP contribution in [0.4, 0.5) is 0 Å². The zero-order valence-corrected chi connectivity index (χ0v) is 17.5. The molecule has 9 nitrogen and oxygen atoms in total. The lowest BCUT2D eigenvalue weighted by Crippen LogP contribution is -2.45.